The van der Waals surface area contributed by atoms with Crippen LogP contribution in [0.3, 0.4) is 0 Å². The van der Waals surface area contributed by atoms with Crippen LogP contribution in [-0.2, 0) is 0 Å². The molecule has 0 aliphatic carbocycles. The van der Waals surface area contributed by atoms with Gasteiger partial charge in [-0.25, -0.2) is 0 Å². The highest BCUT2D eigenvalue weighted by Gasteiger charge is 1.90. The van der Waals surface area contributed by atoms with E-state index >= 15 is 0 Å². The highest BCUT2D eigenvalue weighted by atomic mass is 16.3. The third-order valence-electron chi connectivity index (χ3n) is 0.974. The topological polar surface area (TPSA) is 70.2 Å². The van der Waals surface area contributed by atoms with Gasteiger partial charge in [0.2, 0.25) is 0 Å². The zero-order chi connectivity index (χ0) is 7.56. The number of aromatic hydroxyl groups is 1. The van der Waals surface area contributed by atoms with Crippen molar-refractivity contribution in [3.8, 4) is 5.75 Å². The molecule has 52 valence electrons. The highest BCUT2D eigenvalue weighted by Crippen LogP contribution is 1.87. The van der Waals surface area contributed by atoms with Crippen LogP contribution in [-0.4, -0.2) is 10.1 Å². The summed E-state index contributed by atoms with van der Waals surface area (Å²) in [5.41, 5.74) is -1.07. The molecule has 10 heavy (non-hydrogen) atoms. The van der Waals surface area contributed by atoms with Gasteiger partial charge in [0.05, 0.1) is 0 Å². The smallest absolute Gasteiger partial charge is 0.290 e. The zero-order valence-corrected chi connectivity index (χ0v) is 5.00. The Morgan fingerprint density at radius 3 is 2.80 bits per heavy atom. The summed E-state index contributed by atoms with van der Waals surface area (Å²) in [5.74, 6) is -0.560. The van der Waals surface area contributed by atoms with Gasteiger partial charge in [0, 0.05) is 18.3 Å². The van der Waals surface area contributed by atoms with Crippen molar-refractivity contribution in [2.24, 2.45) is 0 Å². The summed E-state index contributed by atoms with van der Waals surface area (Å²) in [6.07, 6.45) is 1.18. The zero-order valence-electron chi connectivity index (χ0n) is 5.00. The van der Waals surface area contributed by atoms with Crippen molar-refractivity contribution in [3.63, 3.8) is 0 Å². The molecule has 0 bridgehead atoms. The van der Waals surface area contributed by atoms with Crippen molar-refractivity contribution in [1.29, 1.82) is 0 Å². The minimum atomic E-state index is -0.665. The largest absolute Gasteiger partial charge is 0.503 e. The molecule has 0 amide bonds. The fourth-order valence-corrected chi connectivity index (χ4v) is 0.522. The molecule has 0 atom stereocenters. The molecule has 0 unspecified atom stereocenters. The Balaban J connectivity index is 3.61. The van der Waals surface area contributed by atoms with Crippen LogP contribution in [0.2, 0.25) is 0 Å². The molecule has 0 aliphatic heterocycles. The molecule has 0 aromatic carbocycles. The monoisotopic (exact) mass is 139 g/mol. The van der Waals surface area contributed by atoms with Crippen molar-refractivity contribution >= 4 is 0 Å². The lowest BCUT2D eigenvalue weighted by molar-refractivity contribution is 0.467. The van der Waals surface area contributed by atoms with Crippen molar-refractivity contribution in [2.45, 2.75) is 0 Å². The second-order valence-electron chi connectivity index (χ2n) is 1.74. The van der Waals surface area contributed by atoms with Gasteiger partial charge in [-0.1, -0.05) is 0 Å². The number of nitrogens with one attached hydrogen (secondary N) is 1. The van der Waals surface area contributed by atoms with Crippen LogP contribution in [0.1, 0.15) is 0 Å². The van der Waals surface area contributed by atoms with Gasteiger partial charge in [-0.2, -0.15) is 0 Å². The minimum absolute atomic E-state index is 0.407. The highest BCUT2D eigenvalue weighted by molar-refractivity contribution is 5.13. The average molecular weight is 139 g/mol. The molecular weight excluding hydrogens is 134 g/mol. The molecule has 1 heterocycles. The number of rotatable bonds is 0. The van der Waals surface area contributed by atoms with E-state index in [0.717, 1.165) is 12.1 Å². The molecule has 1 rings (SSSR count). The second-order valence-corrected chi connectivity index (χ2v) is 1.74. The lowest BCUT2D eigenvalue weighted by Crippen LogP contribution is -1.99. The SMILES string of the molecule is O=c1cc[nH]c(=O)c(O)c1. The second kappa shape index (κ2) is 2.34. The van der Waals surface area contributed by atoms with Gasteiger partial charge in [0.1, 0.15) is 0 Å². The van der Waals surface area contributed by atoms with Crippen molar-refractivity contribution in [3.05, 3.63) is 38.9 Å². The van der Waals surface area contributed by atoms with Gasteiger partial charge < -0.3 is 10.1 Å². The number of H-pyrrole nitrogens is 1. The lowest BCUT2D eigenvalue weighted by atomic mass is 10.5. The molecule has 4 heteroatoms. The minimum Gasteiger partial charge on any atom is -0.503 e. The van der Waals surface area contributed by atoms with Gasteiger partial charge >= 0.3 is 0 Å². The van der Waals surface area contributed by atoms with Crippen LogP contribution in [0.4, 0.5) is 0 Å². The summed E-state index contributed by atoms with van der Waals surface area (Å²) in [4.78, 5) is 23.2. The van der Waals surface area contributed by atoms with Gasteiger partial charge in [0.15, 0.2) is 11.2 Å². The van der Waals surface area contributed by atoms with E-state index in [9.17, 15) is 9.59 Å². The fourth-order valence-electron chi connectivity index (χ4n) is 0.522. The summed E-state index contributed by atoms with van der Waals surface area (Å²) in [5, 5.41) is 8.72. The third kappa shape index (κ3) is 1.22. The Bertz CT molecular complexity index is 341. The van der Waals surface area contributed by atoms with E-state index in [4.69, 9.17) is 5.11 Å². The predicted octanol–water partition coefficient (Wildman–Crippen LogP) is -0.559. The van der Waals surface area contributed by atoms with Crippen LogP contribution < -0.4 is 11.0 Å². The van der Waals surface area contributed by atoms with Gasteiger partial charge in [-0.05, 0) is 0 Å². The quantitative estimate of drug-likeness (QED) is 0.506. The van der Waals surface area contributed by atoms with Gasteiger partial charge in [-0.15, -0.1) is 0 Å². The molecule has 1 aromatic heterocycles. The predicted molar refractivity (Wildman–Crippen MR) is 35.0 cm³/mol. The molecular formula is C6H5NO3. The first-order valence-electron chi connectivity index (χ1n) is 2.62. The van der Waals surface area contributed by atoms with E-state index < -0.39 is 16.7 Å². The Morgan fingerprint density at radius 2 is 2.10 bits per heavy atom. The molecule has 0 spiro atoms. The van der Waals surface area contributed by atoms with Crippen molar-refractivity contribution < 1.29 is 5.11 Å². The fraction of sp³-hybridized carbons (Fsp3) is 0. The van der Waals surface area contributed by atoms with Crippen molar-refractivity contribution in [2.75, 3.05) is 0 Å². The van der Waals surface area contributed by atoms with Crippen LogP contribution in [0.15, 0.2) is 27.9 Å². The number of hydrogen-bond acceptors (Lipinski definition) is 3. The van der Waals surface area contributed by atoms with E-state index in [1.54, 1.807) is 0 Å². The summed E-state index contributed by atoms with van der Waals surface area (Å²) < 4.78 is 0. The van der Waals surface area contributed by atoms with E-state index in [1.807, 2.05) is 0 Å². The first-order valence-corrected chi connectivity index (χ1v) is 2.62. The van der Waals surface area contributed by atoms with Gasteiger partial charge in [0.25, 0.3) is 5.56 Å². The van der Waals surface area contributed by atoms with E-state index in [-0.39, 0.29) is 0 Å². The summed E-state index contributed by atoms with van der Waals surface area (Å²) in [7, 11) is 0. The van der Waals surface area contributed by atoms with Gasteiger partial charge in [-0.3, -0.25) is 9.59 Å². The van der Waals surface area contributed by atoms with Crippen LogP contribution in [0, 0.1) is 0 Å². The summed E-state index contributed by atoms with van der Waals surface area (Å²) >= 11 is 0. The third-order valence-corrected chi connectivity index (χ3v) is 0.974. The Morgan fingerprint density at radius 1 is 1.40 bits per heavy atom. The molecule has 1 aromatic rings. The Kier molecular flexibility index (Phi) is 1.53. The molecule has 4 nitrogen and oxygen atoms in total. The molecule has 0 radical (unpaired) electrons. The number of aromatic nitrogens is 1. The Labute approximate surface area is 55.8 Å². The molecule has 0 aliphatic rings. The van der Waals surface area contributed by atoms with E-state index in [0.29, 0.717) is 0 Å². The number of hydrogen-bond donors (Lipinski definition) is 2. The van der Waals surface area contributed by atoms with E-state index in [2.05, 4.69) is 4.98 Å². The molecule has 0 saturated carbocycles. The maximum absolute atomic E-state index is 10.5. The van der Waals surface area contributed by atoms with Crippen LogP contribution in [0.5, 0.6) is 5.75 Å². The first-order chi connectivity index (χ1) is 4.70. The molecule has 0 fully saturated rings. The standard InChI is InChI=1S/C6H5NO3/c8-4-1-2-7-6(10)5(9)3-4/h1-3,9H,(H,7,10). The summed E-state index contributed by atoms with van der Waals surface area (Å²) in [6, 6.07) is 2.01. The lowest BCUT2D eigenvalue weighted by Gasteiger charge is -1.74. The normalized spacial score (nSPS) is 9.20. The Hall–Kier alpha value is -1.58. The maximum Gasteiger partial charge on any atom is 0.290 e. The van der Waals surface area contributed by atoms with Crippen molar-refractivity contribution in [1.82, 2.24) is 4.98 Å². The summed E-state index contributed by atoms with van der Waals surface area (Å²) in [6.45, 7) is 0. The van der Waals surface area contributed by atoms with E-state index in [1.165, 1.54) is 6.20 Å². The molecule has 2 N–H and O–H groups in total. The first kappa shape index (κ1) is 6.54. The number of aromatic amines is 1. The molecule has 0 saturated heterocycles. The van der Waals surface area contributed by atoms with Crippen LogP contribution in [0.25, 0.3) is 0 Å². The average Bonchev–Trinajstić information content (AvgIpc) is 1.96. The maximum atomic E-state index is 10.5. The van der Waals surface area contributed by atoms with Crippen LogP contribution >= 0.6 is 0 Å².